The highest BCUT2D eigenvalue weighted by Crippen LogP contribution is 2.08. The summed E-state index contributed by atoms with van der Waals surface area (Å²) in [6.07, 6.45) is 6.26. The van der Waals surface area contributed by atoms with Gasteiger partial charge in [0.1, 0.15) is 0 Å². The molecule has 0 atom stereocenters. The van der Waals surface area contributed by atoms with Crippen LogP contribution in [0.5, 0.6) is 0 Å². The number of ketones is 2. The van der Waals surface area contributed by atoms with Crippen LogP contribution in [0.1, 0.15) is 17.5 Å². The van der Waals surface area contributed by atoms with E-state index in [4.69, 9.17) is 0 Å². The first-order chi connectivity index (χ1) is 9.74. The van der Waals surface area contributed by atoms with Crippen molar-refractivity contribution in [3.05, 3.63) is 70.4 Å². The van der Waals surface area contributed by atoms with E-state index in [1.54, 1.807) is 23.5 Å². The Morgan fingerprint density at radius 2 is 1.55 bits per heavy atom. The smallest absolute Gasteiger partial charge is 0.163 e. The highest BCUT2D eigenvalue weighted by Gasteiger charge is 2.03. The molecule has 0 aliphatic heterocycles. The first kappa shape index (κ1) is 14.2. The van der Waals surface area contributed by atoms with E-state index in [2.05, 4.69) is 0 Å². The molecule has 1 aromatic heterocycles. The van der Waals surface area contributed by atoms with Crippen LogP contribution >= 0.6 is 11.3 Å². The summed E-state index contributed by atoms with van der Waals surface area (Å²) in [6.45, 7) is 0. The Kier molecular flexibility index (Phi) is 5.21. The summed E-state index contributed by atoms with van der Waals surface area (Å²) >= 11 is 1.57. The standard InChI is InChI=1S/C17H14O2S/c18-16(8-6-14-4-2-1-3-5-14)12-17(19)9-7-15-10-11-20-13-15/h1-11,13H,12H2/b8-6+,9-7+. The first-order valence-electron chi connectivity index (χ1n) is 6.23. The summed E-state index contributed by atoms with van der Waals surface area (Å²) in [5.41, 5.74) is 1.93. The second-order valence-corrected chi connectivity index (χ2v) is 5.02. The van der Waals surface area contributed by atoms with E-state index in [-0.39, 0.29) is 18.0 Å². The van der Waals surface area contributed by atoms with E-state index in [0.717, 1.165) is 11.1 Å². The zero-order valence-electron chi connectivity index (χ0n) is 10.9. The third kappa shape index (κ3) is 4.78. The SMILES string of the molecule is O=C(/C=C/c1ccccc1)CC(=O)/C=C/c1ccsc1. The molecule has 0 aliphatic rings. The van der Waals surface area contributed by atoms with Crippen LogP contribution in [0.15, 0.2) is 59.3 Å². The fourth-order valence-corrected chi connectivity index (χ4v) is 2.23. The Morgan fingerprint density at radius 3 is 2.15 bits per heavy atom. The van der Waals surface area contributed by atoms with Gasteiger partial charge in [0.25, 0.3) is 0 Å². The van der Waals surface area contributed by atoms with Crippen molar-refractivity contribution in [3.8, 4) is 0 Å². The second kappa shape index (κ2) is 7.36. The van der Waals surface area contributed by atoms with Crippen molar-refractivity contribution in [1.82, 2.24) is 0 Å². The van der Waals surface area contributed by atoms with Crippen LogP contribution in [0.2, 0.25) is 0 Å². The number of allylic oxidation sites excluding steroid dienone is 2. The molecule has 0 spiro atoms. The number of carbonyl (C=O) groups excluding carboxylic acids is 2. The van der Waals surface area contributed by atoms with Crippen LogP contribution in [0, 0.1) is 0 Å². The summed E-state index contributed by atoms with van der Waals surface area (Å²) in [4.78, 5) is 23.3. The molecule has 1 heterocycles. The topological polar surface area (TPSA) is 34.1 Å². The van der Waals surface area contributed by atoms with Gasteiger partial charge >= 0.3 is 0 Å². The van der Waals surface area contributed by atoms with E-state index >= 15 is 0 Å². The minimum atomic E-state index is -0.186. The van der Waals surface area contributed by atoms with Gasteiger partial charge in [-0.25, -0.2) is 0 Å². The lowest BCUT2D eigenvalue weighted by molar-refractivity contribution is -0.121. The van der Waals surface area contributed by atoms with Crippen LogP contribution in [-0.4, -0.2) is 11.6 Å². The molecule has 1 aromatic carbocycles. The number of hydrogen-bond donors (Lipinski definition) is 0. The number of hydrogen-bond acceptors (Lipinski definition) is 3. The normalized spacial score (nSPS) is 11.2. The lowest BCUT2D eigenvalue weighted by Gasteiger charge is -1.92. The van der Waals surface area contributed by atoms with Gasteiger partial charge in [0.15, 0.2) is 11.6 Å². The van der Waals surface area contributed by atoms with Crippen molar-refractivity contribution < 1.29 is 9.59 Å². The molecule has 0 N–H and O–H groups in total. The number of carbonyl (C=O) groups is 2. The molecule has 20 heavy (non-hydrogen) atoms. The average Bonchev–Trinajstić information content (AvgIpc) is 2.97. The predicted octanol–water partition coefficient (Wildman–Crippen LogP) is 4.00. The number of benzene rings is 1. The van der Waals surface area contributed by atoms with E-state index in [1.165, 1.54) is 12.2 Å². The number of thiophene rings is 1. The minimum Gasteiger partial charge on any atom is -0.294 e. The van der Waals surface area contributed by atoms with Gasteiger partial charge in [0.2, 0.25) is 0 Å². The lowest BCUT2D eigenvalue weighted by atomic mass is 10.1. The van der Waals surface area contributed by atoms with Gasteiger partial charge < -0.3 is 0 Å². The summed E-state index contributed by atoms with van der Waals surface area (Å²) < 4.78 is 0. The highest BCUT2D eigenvalue weighted by atomic mass is 32.1. The molecular weight excluding hydrogens is 268 g/mol. The zero-order chi connectivity index (χ0) is 14.2. The summed E-state index contributed by atoms with van der Waals surface area (Å²) in [6, 6.07) is 11.4. The van der Waals surface area contributed by atoms with Crippen LogP contribution in [0.3, 0.4) is 0 Å². The van der Waals surface area contributed by atoms with Crippen LogP contribution in [0.4, 0.5) is 0 Å². The fraction of sp³-hybridized carbons (Fsp3) is 0.0588. The van der Waals surface area contributed by atoms with Crippen molar-refractivity contribution in [3.63, 3.8) is 0 Å². The molecule has 0 amide bonds. The van der Waals surface area contributed by atoms with Gasteiger partial charge in [-0.2, -0.15) is 11.3 Å². The number of rotatable bonds is 6. The minimum absolute atomic E-state index is 0.0933. The Hall–Kier alpha value is -2.26. The maximum absolute atomic E-state index is 11.6. The molecule has 2 aromatic rings. The molecular formula is C17H14O2S. The van der Waals surface area contributed by atoms with Gasteiger partial charge in [-0.05, 0) is 40.1 Å². The second-order valence-electron chi connectivity index (χ2n) is 4.24. The monoisotopic (exact) mass is 282 g/mol. The summed E-state index contributed by atoms with van der Waals surface area (Å²) in [5.74, 6) is -0.368. The largest absolute Gasteiger partial charge is 0.294 e. The van der Waals surface area contributed by atoms with Crippen molar-refractivity contribution >= 4 is 35.1 Å². The fourth-order valence-electron chi connectivity index (χ4n) is 1.60. The van der Waals surface area contributed by atoms with Gasteiger partial charge in [-0.1, -0.05) is 42.5 Å². The van der Waals surface area contributed by atoms with E-state index in [0.29, 0.717) is 0 Å². The van der Waals surface area contributed by atoms with E-state index < -0.39 is 0 Å². The predicted molar refractivity (Wildman–Crippen MR) is 83.5 cm³/mol. The third-order valence-electron chi connectivity index (χ3n) is 2.61. The third-order valence-corrected chi connectivity index (χ3v) is 3.32. The quantitative estimate of drug-likeness (QED) is 0.592. The highest BCUT2D eigenvalue weighted by molar-refractivity contribution is 7.08. The van der Waals surface area contributed by atoms with Gasteiger partial charge in [0.05, 0.1) is 6.42 Å². The molecule has 0 unspecified atom stereocenters. The van der Waals surface area contributed by atoms with Gasteiger partial charge in [-0.15, -0.1) is 0 Å². The Balaban J connectivity index is 1.85. The molecule has 0 aliphatic carbocycles. The van der Waals surface area contributed by atoms with Gasteiger partial charge in [-0.3, -0.25) is 9.59 Å². The molecule has 0 bridgehead atoms. The molecule has 3 heteroatoms. The van der Waals surface area contributed by atoms with Crippen LogP contribution in [0.25, 0.3) is 12.2 Å². The van der Waals surface area contributed by atoms with Crippen molar-refractivity contribution in [2.24, 2.45) is 0 Å². The van der Waals surface area contributed by atoms with Crippen molar-refractivity contribution in [2.45, 2.75) is 6.42 Å². The molecule has 0 radical (unpaired) electrons. The van der Waals surface area contributed by atoms with Crippen molar-refractivity contribution in [1.29, 1.82) is 0 Å². The average molecular weight is 282 g/mol. The molecule has 100 valence electrons. The maximum Gasteiger partial charge on any atom is 0.163 e. The zero-order valence-corrected chi connectivity index (χ0v) is 11.7. The first-order valence-corrected chi connectivity index (χ1v) is 7.17. The van der Waals surface area contributed by atoms with Crippen LogP contribution < -0.4 is 0 Å². The molecule has 0 saturated carbocycles. The molecule has 0 fully saturated rings. The maximum atomic E-state index is 11.6. The summed E-state index contributed by atoms with van der Waals surface area (Å²) in [7, 11) is 0. The molecule has 2 nitrogen and oxygen atoms in total. The van der Waals surface area contributed by atoms with Gasteiger partial charge in [0, 0.05) is 0 Å². The Labute approximate surface area is 122 Å². The Bertz CT molecular complexity index is 622. The van der Waals surface area contributed by atoms with Crippen LogP contribution in [-0.2, 0) is 9.59 Å². The van der Waals surface area contributed by atoms with Crippen molar-refractivity contribution in [2.75, 3.05) is 0 Å². The lowest BCUT2D eigenvalue weighted by Crippen LogP contribution is -2.01. The Morgan fingerprint density at radius 1 is 0.900 bits per heavy atom. The molecule has 2 rings (SSSR count). The molecule has 0 saturated heterocycles. The van der Waals surface area contributed by atoms with E-state index in [9.17, 15) is 9.59 Å². The summed E-state index contributed by atoms with van der Waals surface area (Å²) in [5, 5.41) is 3.89. The van der Waals surface area contributed by atoms with E-state index in [1.807, 2.05) is 47.2 Å².